The van der Waals surface area contributed by atoms with Gasteiger partial charge in [0.15, 0.2) is 0 Å². The van der Waals surface area contributed by atoms with Crippen LogP contribution in [-0.2, 0) is 0 Å². The van der Waals surface area contributed by atoms with Gasteiger partial charge in [0.2, 0.25) is 0 Å². The summed E-state index contributed by atoms with van der Waals surface area (Å²) >= 11 is 0. The summed E-state index contributed by atoms with van der Waals surface area (Å²) in [6.07, 6.45) is 5.60. The minimum atomic E-state index is 0.626. The number of hydrogen-bond acceptors (Lipinski definition) is 1. The van der Waals surface area contributed by atoms with E-state index in [4.69, 9.17) is 0 Å². The number of rotatable bonds is 6. The molecule has 0 bridgehead atoms. The average molecular weight is 287 g/mol. The highest BCUT2D eigenvalue weighted by Gasteiger charge is 2.28. The maximum atomic E-state index is 3.93. The fourth-order valence-corrected chi connectivity index (χ4v) is 3.93. The monoisotopic (exact) mass is 287 g/mol. The van der Waals surface area contributed by atoms with Crippen molar-refractivity contribution in [2.24, 2.45) is 17.8 Å². The Kier molecular flexibility index (Phi) is 6.29. The largest absolute Gasteiger partial charge is 0.313 e. The molecule has 0 saturated heterocycles. The molecule has 1 aliphatic rings. The molecule has 0 aromatic heterocycles. The fraction of sp³-hybridized carbons (Fsp3) is 0.700. The van der Waals surface area contributed by atoms with Crippen molar-refractivity contribution < 1.29 is 0 Å². The Hall–Kier alpha value is -0.820. The van der Waals surface area contributed by atoms with E-state index in [1.54, 1.807) is 0 Å². The minimum Gasteiger partial charge on any atom is -0.313 e. The summed E-state index contributed by atoms with van der Waals surface area (Å²) in [4.78, 5) is 0. The summed E-state index contributed by atoms with van der Waals surface area (Å²) in [5.74, 6) is 2.97. The fourth-order valence-electron chi connectivity index (χ4n) is 3.93. The van der Waals surface area contributed by atoms with E-state index in [9.17, 15) is 0 Å². The standard InChI is InChI=1S/C20H33N/c1-15(2)18-12-8-9-13-20(18)21-14-19(16(3)4)17-10-6-5-7-11-17/h5-7,10-11,15-16,18-21H,8-9,12-14H2,1-4H3. The van der Waals surface area contributed by atoms with Crippen LogP contribution in [0.2, 0.25) is 0 Å². The van der Waals surface area contributed by atoms with Gasteiger partial charge in [0.1, 0.15) is 0 Å². The lowest BCUT2D eigenvalue weighted by Gasteiger charge is -2.36. The van der Waals surface area contributed by atoms with Gasteiger partial charge in [-0.1, -0.05) is 70.9 Å². The van der Waals surface area contributed by atoms with Crippen molar-refractivity contribution in [3.05, 3.63) is 35.9 Å². The molecule has 1 aromatic carbocycles. The molecule has 0 aliphatic heterocycles. The van der Waals surface area contributed by atoms with E-state index >= 15 is 0 Å². The molecule has 0 heterocycles. The van der Waals surface area contributed by atoms with Gasteiger partial charge in [-0.2, -0.15) is 0 Å². The lowest BCUT2D eigenvalue weighted by Crippen LogP contribution is -2.43. The van der Waals surface area contributed by atoms with Gasteiger partial charge in [-0.05, 0) is 42.1 Å². The van der Waals surface area contributed by atoms with E-state index < -0.39 is 0 Å². The molecule has 1 N–H and O–H groups in total. The van der Waals surface area contributed by atoms with Gasteiger partial charge in [0.25, 0.3) is 0 Å². The van der Waals surface area contributed by atoms with Crippen LogP contribution in [0.25, 0.3) is 0 Å². The first-order valence-corrected chi connectivity index (χ1v) is 8.88. The highest BCUT2D eigenvalue weighted by molar-refractivity contribution is 5.20. The zero-order valence-electron chi connectivity index (χ0n) is 14.3. The maximum Gasteiger partial charge on any atom is 0.00980 e. The van der Waals surface area contributed by atoms with Gasteiger partial charge in [-0.15, -0.1) is 0 Å². The van der Waals surface area contributed by atoms with Crippen LogP contribution < -0.4 is 5.32 Å². The van der Waals surface area contributed by atoms with E-state index in [2.05, 4.69) is 63.3 Å². The zero-order valence-corrected chi connectivity index (χ0v) is 14.3. The van der Waals surface area contributed by atoms with Crippen LogP contribution in [0.5, 0.6) is 0 Å². The highest BCUT2D eigenvalue weighted by atomic mass is 14.9. The van der Waals surface area contributed by atoms with Gasteiger partial charge in [0, 0.05) is 12.6 Å². The second-order valence-corrected chi connectivity index (χ2v) is 7.47. The van der Waals surface area contributed by atoms with Crippen LogP contribution in [0.1, 0.15) is 64.9 Å². The summed E-state index contributed by atoms with van der Waals surface area (Å²) < 4.78 is 0. The predicted molar refractivity (Wildman–Crippen MR) is 92.6 cm³/mol. The molecule has 1 aromatic rings. The van der Waals surface area contributed by atoms with Crippen molar-refractivity contribution in [3.8, 4) is 0 Å². The van der Waals surface area contributed by atoms with E-state index in [1.807, 2.05) is 0 Å². The molecule has 0 radical (unpaired) electrons. The molecule has 1 saturated carbocycles. The lowest BCUT2D eigenvalue weighted by atomic mass is 9.77. The molecule has 118 valence electrons. The van der Waals surface area contributed by atoms with Crippen molar-refractivity contribution in [2.45, 2.75) is 65.3 Å². The van der Waals surface area contributed by atoms with Gasteiger partial charge in [-0.3, -0.25) is 0 Å². The second kappa shape index (κ2) is 7.98. The second-order valence-electron chi connectivity index (χ2n) is 7.47. The van der Waals surface area contributed by atoms with Crippen molar-refractivity contribution in [2.75, 3.05) is 6.54 Å². The van der Waals surface area contributed by atoms with Crippen molar-refractivity contribution >= 4 is 0 Å². The minimum absolute atomic E-state index is 0.626. The van der Waals surface area contributed by atoms with E-state index in [0.717, 1.165) is 24.4 Å². The third-order valence-corrected chi connectivity index (χ3v) is 5.31. The van der Waals surface area contributed by atoms with Crippen LogP contribution in [-0.4, -0.2) is 12.6 Å². The molecule has 21 heavy (non-hydrogen) atoms. The maximum absolute atomic E-state index is 3.93. The lowest BCUT2D eigenvalue weighted by molar-refractivity contribution is 0.201. The molecule has 0 amide bonds. The molecule has 3 unspecified atom stereocenters. The molecular formula is C20H33N. The summed E-state index contributed by atoms with van der Waals surface area (Å²) in [5, 5.41) is 3.93. The smallest absolute Gasteiger partial charge is 0.00980 e. The molecule has 1 fully saturated rings. The number of benzene rings is 1. The van der Waals surface area contributed by atoms with E-state index in [-0.39, 0.29) is 0 Å². The van der Waals surface area contributed by atoms with Crippen LogP contribution in [0.3, 0.4) is 0 Å². The van der Waals surface area contributed by atoms with E-state index in [1.165, 1.54) is 31.2 Å². The molecule has 1 nitrogen and oxygen atoms in total. The summed E-state index contributed by atoms with van der Waals surface area (Å²) in [6, 6.07) is 11.7. The molecule has 1 aliphatic carbocycles. The Morgan fingerprint density at radius 2 is 1.67 bits per heavy atom. The Morgan fingerprint density at radius 3 is 2.29 bits per heavy atom. The first-order valence-electron chi connectivity index (χ1n) is 8.88. The Balaban J connectivity index is 1.98. The number of nitrogens with one attached hydrogen (secondary N) is 1. The quantitative estimate of drug-likeness (QED) is 0.755. The topological polar surface area (TPSA) is 12.0 Å². The SMILES string of the molecule is CC(C)C(CNC1CCCCC1C(C)C)c1ccccc1. The van der Waals surface area contributed by atoms with Gasteiger partial charge < -0.3 is 5.32 Å². The summed E-state index contributed by atoms with van der Waals surface area (Å²) in [7, 11) is 0. The van der Waals surface area contributed by atoms with Crippen molar-refractivity contribution in [3.63, 3.8) is 0 Å². The van der Waals surface area contributed by atoms with Crippen molar-refractivity contribution in [1.29, 1.82) is 0 Å². The van der Waals surface area contributed by atoms with Gasteiger partial charge in [0.05, 0.1) is 0 Å². The van der Waals surface area contributed by atoms with Gasteiger partial charge in [-0.25, -0.2) is 0 Å². The molecule has 3 atom stereocenters. The first kappa shape index (κ1) is 16.5. The third kappa shape index (κ3) is 4.57. The first-order chi connectivity index (χ1) is 10.1. The Morgan fingerprint density at radius 1 is 1.00 bits per heavy atom. The van der Waals surface area contributed by atoms with Crippen molar-refractivity contribution in [1.82, 2.24) is 5.32 Å². The molecule has 2 rings (SSSR count). The van der Waals surface area contributed by atoms with Crippen LogP contribution in [0, 0.1) is 17.8 Å². The Labute approximate surface area is 131 Å². The normalized spacial score (nSPS) is 24.5. The molecular weight excluding hydrogens is 254 g/mol. The van der Waals surface area contributed by atoms with Crippen LogP contribution >= 0.6 is 0 Å². The van der Waals surface area contributed by atoms with E-state index in [0.29, 0.717) is 11.8 Å². The molecule has 0 spiro atoms. The average Bonchev–Trinajstić information content (AvgIpc) is 2.48. The zero-order chi connectivity index (χ0) is 15.2. The van der Waals surface area contributed by atoms with Gasteiger partial charge >= 0.3 is 0 Å². The van der Waals surface area contributed by atoms with Crippen LogP contribution in [0.4, 0.5) is 0 Å². The summed E-state index contributed by atoms with van der Waals surface area (Å²) in [5.41, 5.74) is 1.48. The third-order valence-electron chi connectivity index (χ3n) is 5.31. The summed E-state index contributed by atoms with van der Waals surface area (Å²) in [6.45, 7) is 10.6. The predicted octanol–water partition coefficient (Wildman–Crippen LogP) is 5.23. The molecule has 1 heteroatoms. The van der Waals surface area contributed by atoms with Crippen LogP contribution in [0.15, 0.2) is 30.3 Å². The highest BCUT2D eigenvalue weighted by Crippen LogP contribution is 2.31. The Bertz CT molecular complexity index is 396. The number of hydrogen-bond donors (Lipinski definition) is 1.